The summed E-state index contributed by atoms with van der Waals surface area (Å²) in [6, 6.07) is -0.372. The van der Waals surface area contributed by atoms with Gasteiger partial charge in [-0.25, -0.2) is 0 Å². The average molecular weight is 156 g/mol. The zero-order valence-corrected chi connectivity index (χ0v) is 6.34. The van der Waals surface area contributed by atoms with Crippen molar-refractivity contribution in [3.63, 3.8) is 0 Å². The molecule has 0 bridgehead atoms. The first-order valence-electron chi connectivity index (χ1n) is 2.17. The van der Waals surface area contributed by atoms with Gasteiger partial charge in [0, 0.05) is 0 Å². The van der Waals surface area contributed by atoms with Crippen molar-refractivity contribution in [3.05, 3.63) is 0 Å². The first kappa shape index (κ1) is 11.1. The molecular formula is C4H10ClNOS. The van der Waals surface area contributed by atoms with Crippen LogP contribution in [0.2, 0.25) is 0 Å². The molecule has 1 atom stereocenters. The lowest BCUT2D eigenvalue weighted by molar-refractivity contribution is -0.111. The molecule has 0 aliphatic carbocycles. The third kappa shape index (κ3) is 4.43. The van der Waals surface area contributed by atoms with E-state index in [1.807, 2.05) is 6.92 Å². The number of thiol groups is 1. The number of hydrogen-bond donors (Lipinski definition) is 2. The fourth-order valence-corrected chi connectivity index (χ4v) is 0.357. The molecule has 2 nitrogen and oxygen atoms in total. The summed E-state index contributed by atoms with van der Waals surface area (Å²) in [5, 5.41) is -0.234. The number of halogens is 1. The minimum Gasteiger partial charge on any atom is -0.321 e. The first-order valence-corrected chi connectivity index (χ1v) is 2.61. The second-order valence-electron chi connectivity index (χ2n) is 1.35. The molecule has 2 N–H and O–H groups in total. The lowest BCUT2D eigenvalue weighted by atomic mass is 10.3. The second-order valence-corrected chi connectivity index (χ2v) is 1.79. The van der Waals surface area contributed by atoms with Crippen LogP contribution in [-0.4, -0.2) is 11.2 Å². The molecular weight excluding hydrogens is 146 g/mol. The van der Waals surface area contributed by atoms with Crippen LogP contribution in [0.3, 0.4) is 0 Å². The molecule has 0 amide bonds. The van der Waals surface area contributed by atoms with Gasteiger partial charge in [0.15, 0.2) is 0 Å². The molecule has 0 saturated heterocycles. The van der Waals surface area contributed by atoms with Crippen LogP contribution in [0.15, 0.2) is 0 Å². The zero-order chi connectivity index (χ0) is 5.86. The maximum absolute atomic E-state index is 10.1. The lowest BCUT2D eigenvalue weighted by Gasteiger charge is -1.98. The predicted molar refractivity (Wildman–Crippen MR) is 39.5 cm³/mol. The van der Waals surface area contributed by atoms with E-state index >= 15 is 0 Å². The van der Waals surface area contributed by atoms with E-state index in [1.54, 1.807) is 0 Å². The Balaban J connectivity index is 0. The molecule has 0 aliphatic rings. The second kappa shape index (κ2) is 5.41. The maximum Gasteiger partial charge on any atom is 0.202 e. The fourth-order valence-electron chi connectivity index (χ4n) is 0.175. The third-order valence-corrected chi connectivity index (χ3v) is 1.09. The largest absolute Gasteiger partial charge is 0.321 e. The quantitative estimate of drug-likeness (QED) is 0.574. The molecule has 4 heteroatoms. The molecule has 50 valence electrons. The van der Waals surface area contributed by atoms with Crippen molar-refractivity contribution in [2.24, 2.45) is 5.73 Å². The van der Waals surface area contributed by atoms with Crippen molar-refractivity contribution in [1.82, 2.24) is 0 Å². The maximum atomic E-state index is 10.1. The van der Waals surface area contributed by atoms with Crippen LogP contribution in [0.5, 0.6) is 0 Å². The SMILES string of the molecule is CC[C@H](N)C(=O)S.Cl. The number of nitrogens with two attached hydrogens (primary N) is 1. The van der Waals surface area contributed by atoms with E-state index < -0.39 is 0 Å². The van der Waals surface area contributed by atoms with Gasteiger partial charge >= 0.3 is 0 Å². The van der Waals surface area contributed by atoms with Gasteiger partial charge in [0.2, 0.25) is 5.12 Å². The van der Waals surface area contributed by atoms with E-state index in [1.165, 1.54) is 0 Å². The normalized spacial score (nSPS) is 11.9. The molecule has 0 aromatic rings. The van der Waals surface area contributed by atoms with Crippen molar-refractivity contribution in [2.45, 2.75) is 19.4 Å². The van der Waals surface area contributed by atoms with Gasteiger partial charge in [0.25, 0.3) is 0 Å². The van der Waals surface area contributed by atoms with Crippen LogP contribution in [0.4, 0.5) is 0 Å². The Labute approximate surface area is 60.6 Å². The highest BCUT2D eigenvalue weighted by Crippen LogP contribution is 1.89. The fraction of sp³-hybridized carbons (Fsp3) is 0.750. The molecule has 0 spiro atoms. The topological polar surface area (TPSA) is 43.1 Å². The van der Waals surface area contributed by atoms with E-state index in [9.17, 15) is 4.79 Å². The zero-order valence-electron chi connectivity index (χ0n) is 4.63. The third-order valence-electron chi connectivity index (χ3n) is 0.757. The van der Waals surface area contributed by atoms with Crippen molar-refractivity contribution in [1.29, 1.82) is 0 Å². The number of carbonyl (C=O) groups is 1. The van der Waals surface area contributed by atoms with Gasteiger partial charge < -0.3 is 5.73 Å². The van der Waals surface area contributed by atoms with Crippen LogP contribution in [0.1, 0.15) is 13.3 Å². The summed E-state index contributed by atoms with van der Waals surface area (Å²) >= 11 is 3.51. The highest BCUT2D eigenvalue weighted by molar-refractivity contribution is 7.96. The summed E-state index contributed by atoms with van der Waals surface area (Å²) in [6.45, 7) is 1.85. The molecule has 0 unspecified atom stereocenters. The van der Waals surface area contributed by atoms with E-state index in [0.29, 0.717) is 6.42 Å². The summed E-state index contributed by atoms with van der Waals surface area (Å²) in [7, 11) is 0. The van der Waals surface area contributed by atoms with Crippen LogP contribution in [0, 0.1) is 0 Å². The van der Waals surface area contributed by atoms with Crippen LogP contribution < -0.4 is 5.73 Å². The van der Waals surface area contributed by atoms with Gasteiger partial charge in [-0.3, -0.25) is 4.79 Å². The Kier molecular flexibility index (Phi) is 7.52. The minimum atomic E-state index is -0.372. The Morgan fingerprint density at radius 2 is 2.25 bits per heavy atom. The lowest BCUT2D eigenvalue weighted by Crippen LogP contribution is -2.25. The van der Waals surface area contributed by atoms with Crippen LogP contribution in [0.25, 0.3) is 0 Å². The van der Waals surface area contributed by atoms with Crippen LogP contribution >= 0.6 is 25.0 Å². The molecule has 0 saturated carbocycles. The van der Waals surface area contributed by atoms with Crippen molar-refractivity contribution < 1.29 is 4.79 Å². The Morgan fingerprint density at radius 1 is 1.88 bits per heavy atom. The van der Waals surface area contributed by atoms with E-state index in [0.717, 1.165) is 0 Å². The van der Waals surface area contributed by atoms with E-state index in [-0.39, 0.29) is 23.6 Å². The van der Waals surface area contributed by atoms with E-state index in [4.69, 9.17) is 5.73 Å². The number of hydrogen-bond acceptors (Lipinski definition) is 2. The molecule has 0 heterocycles. The highest BCUT2D eigenvalue weighted by Gasteiger charge is 2.02. The Hall–Kier alpha value is 0.270. The van der Waals surface area contributed by atoms with Crippen molar-refractivity contribution in [3.8, 4) is 0 Å². The van der Waals surface area contributed by atoms with Gasteiger partial charge in [-0.05, 0) is 6.42 Å². The summed E-state index contributed by atoms with van der Waals surface area (Å²) < 4.78 is 0. The molecule has 0 radical (unpaired) electrons. The Morgan fingerprint density at radius 3 is 2.25 bits per heavy atom. The summed E-state index contributed by atoms with van der Waals surface area (Å²) in [5.41, 5.74) is 5.19. The van der Waals surface area contributed by atoms with Crippen molar-refractivity contribution >= 4 is 30.2 Å². The molecule has 8 heavy (non-hydrogen) atoms. The van der Waals surface area contributed by atoms with Gasteiger partial charge in [0.1, 0.15) is 0 Å². The van der Waals surface area contributed by atoms with Crippen molar-refractivity contribution in [2.75, 3.05) is 0 Å². The van der Waals surface area contributed by atoms with Gasteiger partial charge in [-0.1, -0.05) is 6.92 Å². The van der Waals surface area contributed by atoms with Gasteiger partial charge in [-0.15, -0.1) is 25.0 Å². The summed E-state index contributed by atoms with van der Waals surface area (Å²) in [5.74, 6) is 0. The average Bonchev–Trinajstić information content (AvgIpc) is 1.65. The summed E-state index contributed by atoms with van der Waals surface area (Å²) in [4.78, 5) is 10.1. The van der Waals surface area contributed by atoms with Gasteiger partial charge in [0.05, 0.1) is 6.04 Å². The Bertz CT molecular complexity index is 78.4. The predicted octanol–water partition coefficient (Wildman–Crippen LogP) is 0.602. The number of rotatable bonds is 2. The van der Waals surface area contributed by atoms with Crippen LogP contribution in [-0.2, 0) is 4.79 Å². The highest BCUT2D eigenvalue weighted by atomic mass is 35.5. The number of carbonyl (C=O) groups excluding carboxylic acids is 1. The van der Waals surface area contributed by atoms with Gasteiger partial charge in [-0.2, -0.15) is 0 Å². The summed E-state index contributed by atoms with van der Waals surface area (Å²) in [6.07, 6.45) is 0.669. The smallest absolute Gasteiger partial charge is 0.202 e. The molecule has 0 aliphatic heterocycles. The monoisotopic (exact) mass is 155 g/mol. The standard InChI is InChI=1S/C4H9NOS.ClH/c1-2-3(5)4(6)7;/h3H,2,5H2,1H3,(H,6,7);1H/t3-;/m0./s1. The first-order chi connectivity index (χ1) is 3.18. The minimum absolute atomic E-state index is 0. The molecule has 0 aromatic heterocycles. The van der Waals surface area contributed by atoms with E-state index in [2.05, 4.69) is 12.6 Å². The molecule has 0 fully saturated rings. The molecule has 0 rings (SSSR count). The molecule has 0 aromatic carbocycles.